The molecule has 1 N–H and O–H groups in total. The number of aromatic nitrogens is 2. The molecule has 2 aromatic heterocycles. The highest BCUT2D eigenvalue weighted by Crippen LogP contribution is 2.15. The van der Waals surface area contributed by atoms with E-state index in [9.17, 15) is 0 Å². The number of rotatable bonds is 4. The minimum absolute atomic E-state index is 0.755. The Morgan fingerprint density at radius 1 is 1.31 bits per heavy atom. The standard InChI is InChI=1S/C11H13N3OS/c1-8-12-6-10(16-8)7-14-11-4-3-9(15-2)5-13-11/h3-6H,7H2,1-2H3,(H,13,14). The summed E-state index contributed by atoms with van der Waals surface area (Å²) in [6, 6.07) is 3.78. The van der Waals surface area contributed by atoms with Gasteiger partial charge in [0.25, 0.3) is 0 Å². The molecule has 16 heavy (non-hydrogen) atoms. The van der Waals surface area contributed by atoms with E-state index in [1.54, 1.807) is 24.6 Å². The van der Waals surface area contributed by atoms with Crippen LogP contribution in [0.4, 0.5) is 5.82 Å². The second-order valence-corrected chi connectivity index (χ2v) is 4.60. The largest absolute Gasteiger partial charge is 0.495 e. The lowest BCUT2D eigenvalue weighted by molar-refractivity contribution is 0.413. The predicted molar refractivity (Wildman–Crippen MR) is 65.0 cm³/mol. The van der Waals surface area contributed by atoms with Gasteiger partial charge in [0.2, 0.25) is 0 Å². The van der Waals surface area contributed by atoms with Crippen LogP contribution in [0.25, 0.3) is 0 Å². The summed E-state index contributed by atoms with van der Waals surface area (Å²) in [5.41, 5.74) is 0. The molecule has 4 nitrogen and oxygen atoms in total. The van der Waals surface area contributed by atoms with Crippen LogP contribution in [0.3, 0.4) is 0 Å². The zero-order chi connectivity index (χ0) is 11.4. The molecule has 0 aliphatic rings. The van der Waals surface area contributed by atoms with E-state index in [-0.39, 0.29) is 0 Å². The van der Waals surface area contributed by atoms with Crippen LogP contribution in [0.2, 0.25) is 0 Å². The van der Waals surface area contributed by atoms with Gasteiger partial charge in [-0.3, -0.25) is 0 Å². The average Bonchev–Trinajstić information content (AvgIpc) is 2.73. The molecular weight excluding hydrogens is 222 g/mol. The lowest BCUT2D eigenvalue weighted by Crippen LogP contribution is -1.99. The van der Waals surface area contributed by atoms with E-state index >= 15 is 0 Å². The molecule has 2 heterocycles. The first kappa shape index (κ1) is 10.9. The Hall–Kier alpha value is -1.62. The molecule has 0 spiro atoms. The van der Waals surface area contributed by atoms with Gasteiger partial charge in [0.05, 0.1) is 24.9 Å². The van der Waals surface area contributed by atoms with Crippen molar-refractivity contribution in [2.24, 2.45) is 0 Å². The van der Waals surface area contributed by atoms with Crippen molar-refractivity contribution in [3.8, 4) is 5.75 Å². The first-order valence-corrected chi connectivity index (χ1v) is 5.75. The Bertz CT molecular complexity index is 453. The van der Waals surface area contributed by atoms with Crippen LogP contribution in [0.15, 0.2) is 24.5 Å². The molecule has 0 bridgehead atoms. The summed E-state index contributed by atoms with van der Waals surface area (Å²) in [6.07, 6.45) is 3.58. The van der Waals surface area contributed by atoms with Crippen molar-refractivity contribution in [2.45, 2.75) is 13.5 Å². The van der Waals surface area contributed by atoms with Gasteiger partial charge in [0.15, 0.2) is 0 Å². The van der Waals surface area contributed by atoms with E-state index in [0.29, 0.717) is 0 Å². The van der Waals surface area contributed by atoms with Gasteiger partial charge in [0.1, 0.15) is 11.6 Å². The third-order valence-corrected chi connectivity index (χ3v) is 3.00. The van der Waals surface area contributed by atoms with Gasteiger partial charge in [-0.1, -0.05) is 0 Å². The van der Waals surface area contributed by atoms with Gasteiger partial charge in [-0.25, -0.2) is 9.97 Å². The van der Waals surface area contributed by atoms with Crippen LogP contribution in [0.5, 0.6) is 5.75 Å². The normalized spacial score (nSPS) is 10.1. The monoisotopic (exact) mass is 235 g/mol. The van der Waals surface area contributed by atoms with Crippen LogP contribution in [-0.2, 0) is 6.54 Å². The van der Waals surface area contributed by atoms with Crippen LogP contribution in [0.1, 0.15) is 9.88 Å². The first-order chi connectivity index (χ1) is 7.78. The number of ether oxygens (including phenoxy) is 1. The van der Waals surface area contributed by atoms with Crippen molar-refractivity contribution < 1.29 is 4.74 Å². The number of nitrogens with zero attached hydrogens (tertiary/aromatic N) is 2. The van der Waals surface area contributed by atoms with E-state index < -0.39 is 0 Å². The molecule has 0 atom stereocenters. The molecule has 0 saturated heterocycles. The van der Waals surface area contributed by atoms with Crippen molar-refractivity contribution in [1.82, 2.24) is 9.97 Å². The molecular formula is C11H13N3OS. The Balaban J connectivity index is 1.94. The number of aryl methyl sites for hydroxylation is 1. The highest BCUT2D eigenvalue weighted by atomic mass is 32.1. The van der Waals surface area contributed by atoms with Gasteiger partial charge in [-0.15, -0.1) is 11.3 Å². The second-order valence-electron chi connectivity index (χ2n) is 3.28. The van der Waals surface area contributed by atoms with Crippen LogP contribution < -0.4 is 10.1 Å². The summed E-state index contributed by atoms with van der Waals surface area (Å²) in [6.45, 7) is 2.75. The number of nitrogens with one attached hydrogen (secondary N) is 1. The zero-order valence-corrected chi connectivity index (χ0v) is 10.0. The zero-order valence-electron chi connectivity index (χ0n) is 9.23. The average molecular weight is 235 g/mol. The second kappa shape index (κ2) is 4.94. The lowest BCUT2D eigenvalue weighted by Gasteiger charge is -2.04. The molecule has 84 valence electrons. The molecule has 0 aromatic carbocycles. The fraction of sp³-hybridized carbons (Fsp3) is 0.273. The predicted octanol–water partition coefficient (Wildman–Crippen LogP) is 2.47. The van der Waals surface area contributed by atoms with Gasteiger partial charge in [-0.2, -0.15) is 0 Å². The highest BCUT2D eigenvalue weighted by molar-refractivity contribution is 7.11. The van der Waals surface area contributed by atoms with E-state index in [4.69, 9.17) is 4.74 Å². The molecule has 0 amide bonds. The maximum atomic E-state index is 5.04. The van der Waals surface area contributed by atoms with E-state index in [0.717, 1.165) is 23.1 Å². The van der Waals surface area contributed by atoms with Crippen LogP contribution >= 0.6 is 11.3 Å². The summed E-state index contributed by atoms with van der Waals surface area (Å²) in [4.78, 5) is 9.62. The summed E-state index contributed by atoms with van der Waals surface area (Å²) < 4.78 is 5.04. The highest BCUT2D eigenvalue weighted by Gasteiger charge is 1.99. The number of anilines is 1. The van der Waals surface area contributed by atoms with Crippen molar-refractivity contribution in [3.05, 3.63) is 34.4 Å². The number of methoxy groups -OCH3 is 1. The summed E-state index contributed by atoms with van der Waals surface area (Å²) >= 11 is 1.69. The molecule has 2 aromatic rings. The van der Waals surface area contributed by atoms with E-state index in [1.165, 1.54) is 4.88 Å². The Morgan fingerprint density at radius 2 is 2.19 bits per heavy atom. The fourth-order valence-electron chi connectivity index (χ4n) is 1.27. The third kappa shape index (κ3) is 2.70. The fourth-order valence-corrected chi connectivity index (χ4v) is 2.00. The van der Waals surface area contributed by atoms with Crippen molar-refractivity contribution in [1.29, 1.82) is 0 Å². The molecule has 0 aliphatic heterocycles. The Labute approximate surface area is 98.3 Å². The number of hydrogen-bond donors (Lipinski definition) is 1. The third-order valence-electron chi connectivity index (χ3n) is 2.08. The number of pyridine rings is 1. The molecule has 2 rings (SSSR count). The van der Waals surface area contributed by atoms with Gasteiger partial charge in [-0.05, 0) is 19.1 Å². The molecule has 0 saturated carbocycles. The van der Waals surface area contributed by atoms with Crippen molar-refractivity contribution >= 4 is 17.2 Å². The smallest absolute Gasteiger partial charge is 0.137 e. The molecule has 0 unspecified atom stereocenters. The Morgan fingerprint density at radius 3 is 2.75 bits per heavy atom. The Kier molecular flexibility index (Phi) is 3.36. The summed E-state index contributed by atoms with van der Waals surface area (Å²) in [7, 11) is 1.63. The molecule has 0 fully saturated rings. The van der Waals surface area contributed by atoms with Crippen LogP contribution in [-0.4, -0.2) is 17.1 Å². The summed E-state index contributed by atoms with van der Waals surface area (Å²) in [5, 5.41) is 4.31. The molecule has 5 heteroatoms. The van der Waals surface area contributed by atoms with Gasteiger partial charge >= 0.3 is 0 Å². The van der Waals surface area contributed by atoms with Crippen LogP contribution in [0, 0.1) is 6.92 Å². The quantitative estimate of drug-likeness (QED) is 0.884. The number of hydrogen-bond acceptors (Lipinski definition) is 5. The maximum absolute atomic E-state index is 5.04. The minimum Gasteiger partial charge on any atom is -0.495 e. The van der Waals surface area contributed by atoms with Gasteiger partial charge in [0, 0.05) is 11.1 Å². The van der Waals surface area contributed by atoms with Gasteiger partial charge < -0.3 is 10.1 Å². The van der Waals surface area contributed by atoms with E-state index in [2.05, 4.69) is 15.3 Å². The number of thiazole rings is 1. The molecule has 0 radical (unpaired) electrons. The lowest BCUT2D eigenvalue weighted by atomic mass is 10.4. The maximum Gasteiger partial charge on any atom is 0.137 e. The topological polar surface area (TPSA) is 47.0 Å². The summed E-state index contributed by atoms with van der Waals surface area (Å²) in [5.74, 6) is 1.60. The van der Waals surface area contributed by atoms with E-state index in [1.807, 2.05) is 25.3 Å². The SMILES string of the molecule is COc1ccc(NCc2cnc(C)s2)nc1. The van der Waals surface area contributed by atoms with Crippen molar-refractivity contribution in [3.63, 3.8) is 0 Å². The first-order valence-electron chi connectivity index (χ1n) is 4.93. The van der Waals surface area contributed by atoms with Crippen molar-refractivity contribution in [2.75, 3.05) is 12.4 Å². The minimum atomic E-state index is 0.755. The molecule has 0 aliphatic carbocycles.